The molecule has 0 bridgehead atoms. The average Bonchev–Trinajstić information content (AvgIpc) is 3.12. The van der Waals surface area contributed by atoms with E-state index >= 15 is 0 Å². The zero-order valence-electron chi connectivity index (χ0n) is 16.2. The second kappa shape index (κ2) is 9.86. The van der Waals surface area contributed by atoms with Crippen LogP contribution in [0.2, 0.25) is 0 Å². The smallest absolute Gasteiger partial charge is 0.475 e. The fraction of sp³-hybridized carbons (Fsp3) is 0.579. The number of carbonyl (C=O) groups excluding carboxylic acids is 1. The maximum Gasteiger partial charge on any atom is 0.490 e. The first kappa shape index (κ1) is 24.9. The molecular weight excluding hydrogens is 434 g/mol. The normalized spacial score (nSPS) is 22.6. The number of carbonyl (C=O) groups is 2. The van der Waals surface area contributed by atoms with E-state index in [1.165, 1.54) is 12.1 Å². The monoisotopic (exact) mass is 456 g/mol. The number of amides is 1. The minimum atomic E-state index is -5.08. The lowest BCUT2D eigenvalue weighted by molar-refractivity contribution is -0.192. The van der Waals surface area contributed by atoms with Crippen LogP contribution in [0.5, 0.6) is 0 Å². The van der Waals surface area contributed by atoms with Gasteiger partial charge in [0.2, 0.25) is 5.91 Å². The molecule has 0 aliphatic carbocycles. The van der Waals surface area contributed by atoms with Gasteiger partial charge >= 0.3 is 18.3 Å². The Morgan fingerprint density at radius 1 is 1.03 bits per heavy atom. The van der Waals surface area contributed by atoms with E-state index in [-0.39, 0.29) is 11.8 Å². The highest BCUT2D eigenvalue weighted by molar-refractivity contribution is 5.83. The Labute approximate surface area is 173 Å². The summed E-state index contributed by atoms with van der Waals surface area (Å²) < 4.78 is 70.2. The molecule has 0 unspecified atom stereocenters. The Hall–Kier alpha value is -2.34. The van der Waals surface area contributed by atoms with Gasteiger partial charge in [-0.1, -0.05) is 18.2 Å². The van der Waals surface area contributed by atoms with E-state index in [2.05, 4.69) is 5.32 Å². The van der Waals surface area contributed by atoms with Gasteiger partial charge in [0.25, 0.3) is 0 Å². The molecule has 0 spiro atoms. The minimum Gasteiger partial charge on any atom is -0.475 e. The van der Waals surface area contributed by atoms with Crippen LogP contribution in [0.25, 0.3) is 0 Å². The fourth-order valence-electron chi connectivity index (χ4n) is 3.54. The molecule has 2 aliphatic heterocycles. The van der Waals surface area contributed by atoms with Crippen LogP contribution in [-0.4, -0.2) is 64.9 Å². The summed E-state index contributed by atoms with van der Waals surface area (Å²) in [5.41, 5.74) is 0.0488. The van der Waals surface area contributed by atoms with Crippen molar-refractivity contribution in [1.29, 1.82) is 0 Å². The molecule has 2 aliphatic rings. The SMILES string of the molecule is O=C(O)C(F)(F)F.O=C([C@H]1NCC[C@H]1O)N1CCC(c2cccc(C(F)(F)F)c2)CC1. The molecule has 3 rings (SSSR count). The van der Waals surface area contributed by atoms with Gasteiger partial charge in [0, 0.05) is 13.1 Å². The van der Waals surface area contributed by atoms with E-state index in [0.717, 1.165) is 6.07 Å². The predicted molar refractivity (Wildman–Crippen MR) is 96.1 cm³/mol. The zero-order valence-corrected chi connectivity index (χ0v) is 16.2. The highest BCUT2D eigenvalue weighted by Gasteiger charge is 2.38. The van der Waals surface area contributed by atoms with Crippen molar-refractivity contribution in [3.63, 3.8) is 0 Å². The molecule has 0 radical (unpaired) electrons. The van der Waals surface area contributed by atoms with Gasteiger partial charge in [-0.2, -0.15) is 26.3 Å². The van der Waals surface area contributed by atoms with Gasteiger partial charge in [-0.3, -0.25) is 4.79 Å². The van der Waals surface area contributed by atoms with Gasteiger partial charge in [-0.25, -0.2) is 4.79 Å². The third-order valence-corrected chi connectivity index (χ3v) is 5.19. The highest BCUT2D eigenvalue weighted by atomic mass is 19.4. The Kier molecular flexibility index (Phi) is 7.93. The largest absolute Gasteiger partial charge is 0.490 e. The highest BCUT2D eigenvalue weighted by Crippen LogP contribution is 2.34. The summed E-state index contributed by atoms with van der Waals surface area (Å²) in [6.07, 6.45) is -8.24. The van der Waals surface area contributed by atoms with Crippen molar-refractivity contribution >= 4 is 11.9 Å². The third-order valence-electron chi connectivity index (χ3n) is 5.19. The minimum absolute atomic E-state index is 0.0258. The van der Waals surface area contributed by atoms with Crippen LogP contribution < -0.4 is 5.32 Å². The molecule has 2 atom stereocenters. The van der Waals surface area contributed by atoms with Crippen molar-refractivity contribution in [3.8, 4) is 0 Å². The first-order valence-electron chi connectivity index (χ1n) is 9.48. The number of carboxylic acid groups (broad SMARTS) is 1. The number of alkyl halides is 6. The standard InChI is InChI=1S/C17H21F3N2O2.C2HF3O2/c18-17(19,20)13-3-1-2-12(10-13)11-5-8-22(9-6-11)16(24)15-14(23)4-7-21-15;3-2(4,5)1(6)7/h1-3,10-11,14-15,21,23H,4-9H2;(H,6,7)/t14-,15+;/m1./s1. The quantitative estimate of drug-likeness (QED) is 0.596. The van der Waals surface area contributed by atoms with Crippen molar-refractivity contribution in [1.82, 2.24) is 10.2 Å². The van der Waals surface area contributed by atoms with Gasteiger partial charge in [-0.15, -0.1) is 0 Å². The summed E-state index contributed by atoms with van der Waals surface area (Å²) in [5, 5.41) is 19.9. The fourth-order valence-corrected chi connectivity index (χ4v) is 3.54. The molecule has 2 saturated heterocycles. The number of nitrogens with zero attached hydrogens (tertiary/aromatic N) is 1. The number of hydrogen-bond acceptors (Lipinski definition) is 4. The van der Waals surface area contributed by atoms with Gasteiger partial charge < -0.3 is 20.4 Å². The number of rotatable bonds is 2. The van der Waals surface area contributed by atoms with Crippen LogP contribution >= 0.6 is 0 Å². The van der Waals surface area contributed by atoms with E-state index < -0.39 is 36.0 Å². The summed E-state index contributed by atoms with van der Waals surface area (Å²) in [6, 6.07) is 4.91. The molecule has 1 amide bonds. The third kappa shape index (κ3) is 6.82. The molecule has 31 heavy (non-hydrogen) atoms. The van der Waals surface area contributed by atoms with Crippen molar-refractivity contribution < 1.29 is 46.1 Å². The molecule has 1 aromatic rings. The van der Waals surface area contributed by atoms with Crippen molar-refractivity contribution in [2.24, 2.45) is 0 Å². The van der Waals surface area contributed by atoms with Gasteiger partial charge in [-0.05, 0) is 43.4 Å². The number of hydrogen-bond donors (Lipinski definition) is 3. The second-order valence-corrected chi connectivity index (χ2v) is 7.31. The van der Waals surface area contributed by atoms with Gasteiger partial charge in [0.1, 0.15) is 6.04 Å². The van der Waals surface area contributed by atoms with Crippen molar-refractivity contribution in [2.45, 2.75) is 49.7 Å². The Bertz CT molecular complexity index is 775. The topological polar surface area (TPSA) is 89.9 Å². The predicted octanol–water partition coefficient (Wildman–Crippen LogP) is 2.77. The lowest BCUT2D eigenvalue weighted by Crippen LogP contribution is -2.50. The van der Waals surface area contributed by atoms with E-state index in [4.69, 9.17) is 9.90 Å². The van der Waals surface area contributed by atoms with Gasteiger partial charge in [0.05, 0.1) is 11.7 Å². The number of aliphatic carboxylic acids is 1. The molecule has 0 saturated carbocycles. The summed E-state index contributed by atoms with van der Waals surface area (Å²) in [5.74, 6) is -2.84. The van der Waals surface area contributed by atoms with Crippen LogP contribution in [0, 0.1) is 0 Å². The van der Waals surface area contributed by atoms with Crippen molar-refractivity contribution in [3.05, 3.63) is 35.4 Å². The average molecular weight is 456 g/mol. The van der Waals surface area contributed by atoms with Crippen molar-refractivity contribution in [2.75, 3.05) is 19.6 Å². The van der Waals surface area contributed by atoms with Gasteiger partial charge in [0.15, 0.2) is 0 Å². The van der Waals surface area contributed by atoms with Crippen LogP contribution in [-0.2, 0) is 15.8 Å². The van der Waals surface area contributed by atoms with Crippen LogP contribution in [0.15, 0.2) is 24.3 Å². The first-order valence-corrected chi connectivity index (χ1v) is 9.48. The van der Waals surface area contributed by atoms with Crippen LogP contribution in [0.3, 0.4) is 0 Å². The van der Waals surface area contributed by atoms with Crippen LogP contribution in [0.1, 0.15) is 36.3 Å². The number of aliphatic hydroxyl groups is 1. The molecule has 2 heterocycles. The second-order valence-electron chi connectivity index (χ2n) is 7.31. The molecule has 0 aromatic heterocycles. The Morgan fingerprint density at radius 2 is 1.61 bits per heavy atom. The number of benzene rings is 1. The van der Waals surface area contributed by atoms with Crippen LogP contribution in [0.4, 0.5) is 26.3 Å². The van der Waals surface area contributed by atoms with E-state index in [9.17, 15) is 36.2 Å². The van der Waals surface area contributed by atoms with E-state index in [0.29, 0.717) is 44.5 Å². The molecule has 2 fully saturated rings. The Balaban J connectivity index is 0.000000423. The zero-order chi connectivity index (χ0) is 23.4. The molecular formula is C19H22F6N2O4. The number of carboxylic acids is 1. The number of halogens is 6. The lowest BCUT2D eigenvalue weighted by Gasteiger charge is -2.34. The number of likely N-dealkylation sites (tertiary alicyclic amines) is 1. The molecule has 174 valence electrons. The Morgan fingerprint density at radius 3 is 2.06 bits per heavy atom. The summed E-state index contributed by atoms with van der Waals surface area (Å²) in [4.78, 5) is 23.0. The maximum atomic E-state index is 12.8. The summed E-state index contributed by atoms with van der Waals surface area (Å²) in [7, 11) is 0. The number of aliphatic hydroxyl groups excluding tert-OH is 1. The molecule has 6 nitrogen and oxygen atoms in total. The maximum absolute atomic E-state index is 12.8. The first-order chi connectivity index (χ1) is 14.3. The van der Waals surface area contributed by atoms with E-state index in [1.54, 1.807) is 11.0 Å². The van der Waals surface area contributed by atoms with E-state index in [1.807, 2.05) is 0 Å². The number of piperidine rings is 1. The molecule has 12 heteroatoms. The lowest BCUT2D eigenvalue weighted by atomic mass is 9.88. The summed E-state index contributed by atoms with van der Waals surface area (Å²) >= 11 is 0. The molecule has 1 aromatic carbocycles. The number of nitrogens with one attached hydrogen (secondary N) is 1. The summed E-state index contributed by atoms with van der Waals surface area (Å²) in [6.45, 7) is 1.63. The molecule has 3 N–H and O–H groups in total.